The van der Waals surface area contributed by atoms with Crippen molar-refractivity contribution in [2.24, 2.45) is 0 Å². The molecule has 1 saturated heterocycles. The number of piperidine rings is 1. The number of nitrogens with two attached hydrogens (primary N) is 1. The minimum atomic E-state index is 0.111. The first-order valence-corrected chi connectivity index (χ1v) is 5.88. The highest BCUT2D eigenvalue weighted by molar-refractivity contribution is 9.10. The van der Waals surface area contributed by atoms with E-state index in [4.69, 9.17) is 5.73 Å². The number of anilines is 2. The molecule has 0 bridgehead atoms. The van der Waals surface area contributed by atoms with E-state index in [0.717, 1.165) is 16.6 Å². The van der Waals surface area contributed by atoms with Gasteiger partial charge in [-0.1, -0.05) is 0 Å². The fourth-order valence-corrected chi connectivity index (χ4v) is 2.12. The van der Waals surface area contributed by atoms with Gasteiger partial charge < -0.3 is 16.4 Å². The van der Waals surface area contributed by atoms with Crippen LogP contribution in [0.5, 0.6) is 0 Å². The number of carbonyl (C=O) groups is 1. The summed E-state index contributed by atoms with van der Waals surface area (Å²) in [5.41, 5.74) is 7.27. The predicted octanol–water partition coefficient (Wildman–Crippen LogP) is 1.12. The van der Waals surface area contributed by atoms with Crippen molar-refractivity contribution >= 4 is 33.2 Å². The molecule has 1 aliphatic rings. The lowest BCUT2D eigenvalue weighted by Crippen LogP contribution is -2.42. The maximum atomic E-state index is 11.0. The first-order valence-electron chi connectivity index (χ1n) is 5.09. The highest BCUT2D eigenvalue weighted by Gasteiger charge is 2.19. The molecule has 1 fully saturated rings. The monoisotopic (exact) mass is 284 g/mol. The van der Waals surface area contributed by atoms with Crippen molar-refractivity contribution in [3.63, 3.8) is 0 Å². The number of carbonyl (C=O) groups excluding carboxylic acids is 1. The van der Waals surface area contributed by atoms with E-state index in [2.05, 4.69) is 31.5 Å². The van der Waals surface area contributed by atoms with Crippen molar-refractivity contribution in [1.82, 2.24) is 10.3 Å². The maximum Gasteiger partial charge on any atom is 0.220 e. The third kappa shape index (κ3) is 2.44. The summed E-state index contributed by atoms with van der Waals surface area (Å²) in [5.74, 6) is 0.111. The van der Waals surface area contributed by atoms with Crippen LogP contribution < -0.4 is 16.4 Å². The number of nitrogens with zero attached hydrogens (tertiary/aromatic N) is 1. The second-order valence-corrected chi connectivity index (χ2v) is 4.62. The molecule has 0 aromatic carbocycles. The van der Waals surface area contributed by atoms with Crippen LogP contribution in [0.1, 0.15) is 12.8 Å². The summed E-state index contributed by atoms with van der Waals surface area (Å²) < 4.78 is 0.837. The van der Waals surface area contributed by atoms with Gasteiger partial charge in [0.25, 0.3) is 0 Å². The lowest BCUT2D eigenvalue weighted by Gasteiger charge is -2.25. The van der Waals surface area contributed by atoms with E-state index < -0.39 is 0 Å². The molecule has 6 heteroatoms. The number of halogens is 1. The summed E-state index contributed by atoms with van der Waals surface area (Å²) >= 11 is 3.39. The quantitative estimate of drug-likeness (QED) is 0.760. The van der Waals surface area contributed by atoms with Gasteiger partial charge in [-0.15, -0.1) is 0 Å². The molecular weight excluding hydrogens is 272 g/mol. The largest absolute Gasteiger partial charge is 0.396 e. The standard InChI is InChI=1S/C10H13BrN4O/c11-7-4-13-5-8(12)10(7)15-6-1-2-9(16)14-3-6/h4-6H,1-3,12H2,(H,13,15)(H,14,16). The molecule has 1 atom stereocenters. The van der Waals surface area contributed by atoms with Gasteiger partial charge in [0.2, 0.25) is 5.91 Å². The molecule has 4 N–H and O–H groups in total. The van der Waals surface area contributed by atoms with Gasteiger partial charge in [-0.3, -0.25) is 9.78 Å². The molecule has 1 amide bonds. The molecule has 1 aliphatic heterocycles. The average molecular weight is 285 g/mol. The van der Waals surface area contributed by atoms with Gasteiger partial charge in [0.05, 0.1) is 22.0 Å². The van der Waals surface area contributed by atoms with Crippen LogP contribution in [-0.4, -0.2) is 23.5 Å². The number of nitrogens with one attached hydrogen (secondary N) is 2. The topological polar surface area (TPSA) is 80.0 Å². The van der Waals surface area contributed by atoms with Gasteiger partial charge in [0.15, 0.2) is 0 Å². The number of rotatable bonds is 2. The van der Waals surface area contributed by atoms with Crippen molar-refractivity contribution in [2.45, 2.75) is 18.9 Å². The van der Waals surface area contributed by atoms with Crippen molar-refractivity contribution < 1.29 is 4.79 Å². The lowest BCUT2D eigenvalue weighted by atomic mass is 10.1. The number of hydrogen-bond donors (Lipinski definition) is 3. The molecule has 1 unspecified atom stereocenters. The third-order valence-corrected chi connectivity index (χ3v) is 3.14. The van der Waals surface area contributed by atoms with Crippen LogP contribution in [0.4, 0.5) is 11.4 Å². The third-order valence-electron chi connectivity index (χ3n) is 2.54. The molecule has 2 rings (SSSR count). The number of pyridine rings is 1. The fourth-order valence-electron chi connectivity index (χ4n) is 1.66. The zero-order valence-electron chi connectivity index (χ0n) is 8.66. The Bertz CT molecular complexity index is 380. The summed E-state index contributed by atoms with van der Waals surface area (Å²) in [7, 11) is 0. The Morgan fingerprint density at radius 2 is 2.38 bits per heavy atom. The van der Waals surface area contributed by atoms with Crippen LogP contribution in [0.3, 0.4) is 0 Å². The van der Waals surface area contributed by atoms with Crippen molar-refractivity contribution in [3.8, 4) is 0 Å². The zero-order valence-corrected chi connectivity index (χ0v) is 10.3. The van der Waals surface area contributed by atoms with E-state index in [-0.39, 0.29) is 11.9 Å². The summed E-state index contributed by atoms with van der Waals surface area (Å²) in [6, 6.07) is 0.221. The number of amides is 1. The minimum Gasteiger partial charge on any atom is -0.396 e. The Kier molecular flexibility index (Phi) is 3.28. The second kappa shape index (κ2) is 4.69. The number of aromatic nitrogens is 1. The molecular formula is C10H13BrN4O. The summed E-state index contributed by atoms with van der Waals surface area (Å²) in [4.78, 5) is 15.0. The molecule has 16 heavy (non-hydrogen) atoms. The normalized spacial score (nSPS) is 20.3. The van der Waals surface area contributed by atoms with Crippen molar-refractivity contribution in [3.05, 3.63) is 16.9 Å². The fraction of sp³-hybridized carbons (Fsp3) is 0.400. The molecule has 0 aliphatic carbocycles. The SMILES string of the molecule is Nc1cncc(Br)c1NC1CCC(=O)NC1. The number of hydrogen-bond acceptors (Lipinski definition) is 4. The zero-order chi connectivity index (χ0) is 11.5. The van der Waals surface area contributed by atoms with Gasteiger partial charge in [-0.05, 0) is 22.4 Å². The van der Waals surface area contributed by atoms with Crippen molar-refractivity contribution in [1.29, 1.82) is 0 Å². The Balaban J connectivity index is 2.06. The highest BCUT2D eigenvalue weighted by atomic mass is 79.9. The first kappa shape index (κ1) is 11.2. The van der Waals surface area contributed by atoms with Gasteiger partial charge in [-0.2, -0.15) is 0 Å². The van der Waals surface area contributed by atoms with Gasteiger partial charge in [0, 0.05) is 25.2 Å². The van der Waals surface area contributed by atoms with Crippen LogP contribution >= 0.6 is 15.9 Å². The van der Waals surface area contributed by atoms with Crippen LogP contribution in [0.2, 0.25) is 0 Å². The lowest BCUT2D eigenvalue weighted by molar-refractivity contribution is -0.122. The first-order chi connectivity index (χ1) is 7.66. The predicted molar refractivity (Wildman–Crippen MR) is 66.0 cm³/mol. The van der Waals surface area contributed by atoms with Crippen molar-refractivity contribution in [2.75, 3.05) is 17.6 Å². The van der Waals surface area contributed by atoms with E-state index in [9.17, 15) is 4.79 Å². The van der Waals surface area contributed by atoms with Gasteiger partial charge in [0.1, 0.15) is 0 Å². The second-order valence-electron chi connectivity index (χ2n) is 3.77. The summed E-state index contributed by atoms with van der Waals surface area (Å²) in [6.07, 6.45) is 4.68. The molecule has 0 spiro atoms. The molecule has 1 aromatic rings. The van der Waals surface area contributed by atoms with Crippen LogP contribution in [0.25, 0.3) is 0 Å². The maximum absolute atomic E-state index is 11.0. The minimum absolute atomic E-state index is 0.111. The molecule has 5 nitrogen and oxygen atoms in total. The molecule has 2 heterocycles. The van der Waals surface area contributed by atoms with Crippen LogP contribution in [0, 0.1) is 0 Å². The Labute approximate surface area is 102 Å². The van der Waals surface area contributed by atoms with E-state index in [1.165, 1.54) is 0 Å². The van der Waals surface area contributed by atoms with E-state index in [0.29, 0.717) is 18.7 Å². The molecule has 0 saturated carbocycles. The molecule has 1 aromatic heterocycles. The molecule has 0 radical (unpaired) electrons. The Hall–Kier alpha value is -1.30. The number of nitrogen functional groups attached to an aromatic ring is 1. The highest BCUT2D eigenvalue weighted by Crippen LogP contribution is 2.28. The van der Waals surface area contributed by atoms with Gasteiger partial charge >= 0.3 is 0 Å². The van der Waals surface area contributed by atoms with Crippen LogP contribution in [-0.2, 0) is 4.79 Å². The summed E-state index contributed by atoms with van der Waals surface area (Å²) in [6.45, 7) is 0.632. The van der Waals surface area contributed by atoms with E-state index >= 15 is 0 Å². The molecule has 86 valence electrons. The van der Waals surface area contributed by atoms with E-state index in [1.54, 1.807) is 12.4 Å². The Morgan fingerprint density at radius 3 is 3.00 bits per heavy atom. The van der Waals surface area contributed by atoms with E-state index in [1.807, 2.05) is 0 Å². The summed E-state index contributed by atoms with van der Waals surface area (Å²) in [5, 5.41) is 6.13. The Morgan fingerprint density at radius 1 is 1.56 bits per heavy atom. The smallest absolute Gasteiger partial charge is 0.220 e. The average Bonchev–Trinajstić information content (AvgIpc) is 2.26. The van der Waals surface area contributed by atoms with Crippen LogP contribution in [0.15, 0.2) is 16.9 Å². The van der Waals surface area contributed by atoms with Gasteiger partial charge in [-0.25, -0.2) is 0 Å².